The Kier molecular flexibility index (Phi) is 9.14. The van der Waals surface area contributed by atoms with E-state index in [1.54, 1.807) is 11.3 Å². The average molecular weight is 1000 g/mol. The Hall–Kier alpha value is -9.74. The van der Waals surface area contributed by atoms with Crippen molar-refractivity contribution in [1.82, 2.24) is 23.3 Å². The zero-order valence-corrected chi connectivity index (χ0v) is 43.5. The molecule has 0 saturated heterocycles. The molecular formula is C70H46N6S. The van der Waals surface area contributed by atoms with Crippen LogP contribution in [0, 0.1) is 39.0 Å². The minimum Gasteiger partial charge on any atom is -0.306 e. The maximum Gasteiger partial charge on any atom is 0.104 e. The zero-order chi connectivity index (χ0) is 51.4. The molecule has 0 N–H and O–H groups in total. The lowest BCUT2D eigenvalue weighted by Crippen LogP contribution is -2.16. The Bertz CT molecular complexity index is 5030. The number of hydrogen-bond acceptors (Lipinski definition) is 3. The fourth-order valence-corrected chi connectivity index (χ4v) is 14.7. The van der Waals surface area contributed by atoms with Gasteiger partial charge in [-0.25, -0.2) is 0 Å². The monoisotopic (exact) mass is 1000 g/mol. The summed E-state index contributed by atoms with van der Waals surface area (Å²) in [5.74, 6) is 0. The first-order valence-corrected chi connectivity index (χ1v) is 27.1. The van der Waals surface area contributed by atoms with Crippen molar-refractivity contribution >= 4 is 119 Å². The first kappa shape index (κ1) is 43.6. The van der Waals surface area contributed by atoms with Crippen molar-refractivity contribution in [2.24, 2.45) is 0 Å². The van der Waals surface area contributed by atoms with Crippen LogP contribution in [0.3, 0.4) is 0 Å². The van der Waals surface area contributed by atoms with Gasteiger partial charge in [-0.15, -0.1) is 11.3 Å². The molecule has 0 fully saturated rings. The predicted molar refractivity (Wildman–Crippen MR) is 324 cm³/mol. The molecule has 0 unspecified atom stereocenters. The molecule has 0 spiro atoms. The highest BCUT2D eigenvalue weighted by Gasteiger charge is 2.36. The molecule has 0 radical (unpaired) electrons. The van der Waals surface area contributed by atoms with Gasteiger partial charge in [0.05, 0.1) is 77.1 Å². The summed E-state index contributed by atoms with van der Waals surface area (Å²) in [5.41, 5.74) is 20.0. The number of aryl methyl sites for hydroxylation is 4. The molecule has 6 aromatic heterocycles. The lowest BCUT2D eigenvalue weighted by Gasteiger charge is -2.29. The van der Waals surface area contributed by atoms with E-state index in [0.29, 0.717) is 5.56 Å². The molecule has 7 heteroatoms. The molecule has 0 aliphatic carbocycles. The number of thiophene rings is 1. The normalized spacial score (nSPS) is 12.1. The Labute approximate surface area is 446 Å². The molecule has 362 valence electrons. The third kappa shape index (κ3) is 5.80. The molecule has 0 saturated carbocycles. The molecule has 77 heavy (non-hydrogen) atoms. The lowest BCUT2D eigenvalue weighted by atomic mass is 9.92. The van der Waals surface area contributed by atoms with Crippen molar-refractivity contribution in [3.05, 3.63) is 234 Å². The second-order valence-electron chi connectivity index (χ2n) is 20.7. The van der Waals surface area contributed by atoms with E-state index in [0.717, 1.165) is 131 Å². The number of para-hydroxylation sites is 4. The van der Waals surface area contributed by atoms with Gasteiger partial charge in [0.15, 0.2) is 0 Å². The molecule has 0 amide bonds. The Morgan fingerprint density at radius 3 is 1.12 bits per heavy atom. The molecule has 16 rings (SSSR count). The highest BCUT2D eigenvalue weighted by Crippen LogP contribution is 2.54. The van der Waals surface area contributed by atoms with E-state index in [9.17, 15) is 5.26 Å². The van der Waals surface area contributed by atoms with E-state index in [1.807, 2.05) is 12.3 Å². The van der Waals surface area contributed by atoms with Crippen molar-refractivity contribution in [3.8, 4) is 39.9 Å². The summed E-state index contributed by atoms with van der Waals surface area (Å²) in [6.07, 6.45) is 1.91. The smallest absolute Gasteiger partial charge is 0.104 e. The van der Waals surface area contributed by atoms with Gasteiger partial charge in [-0.1, -0.05) is 140 Å². The van der Waals surface area contributed by atoms with Crippen molar-refractivity contribution in [1.29, 1.82) is 5.26 Å². The molecular weight excluding hydrogens is 957 g/mol. The van der Waals surface area contributed by atoms with Crippen molar-refractivity contribution < 1.29 is 0 Å². The molecule has 0 aliphatic heterocycles. The summed E-state index contributed by atoms with van der Waals surface area (Å²) in [7, 11) is 0. The quantitative estimate of drug-likeness (QED) is 0.172. The van der Waals surface area contributed by atoms with Gasteiger partial charge in [-0.05, 0) is 111 Å². The first-order valence-electron chi connectivity index (χ1n) is 26.3. The van der Waals surface area contributed by atoms with Gasteiger partial charge in [0.1, 0.15) is 11.6 Å². The first-order chi connectivity index (χ1) is 37.9. The topological polar surface area (TPSA) is 56.4 Å². The van der Waals surface area contributed by atoms with Crippen LogP contribution in [-0.2, 0) is 0 Å². The molecule has 0 bridgehead atoms. The van der Waals surface area contributed by atoms with E-state index in [-0.39, 0.29) is 0 Å². The van der Waals surface area contributed by atoms with Crippen molar-refractivity contribution in [2.75, 3.05) is 0 Å². The highest BCUT2D eigenvalue weighted by atomic mass is 32.1. The third-order valence-electron chi connectivity index (χ3n) is 16.5. The van der Waals surface area contributed by atoms with Gasteiger partial charge in [-0.3, -0.25) is 4.98 Å². The summed E-state index contributed by atoms with van der Waals surface area (Å²) in [6.45, 7) is 8.87. The fraction of sp³-hybridized carbons (Fsp3) is 0.0571. The van der Waals surface area contributed by atoms with Gasteiger partial charge < -0.3 is 18.3 Å². The summed E-state index contributed by atoms with van der Waals surface area (Å²) in [5, 5.41) is 23.3. The standard InChI is InChI=1S/C70H46N6S/c1-40-19-13-33-55-60(40)44-23-5-9-29-51(44)73(55)66-50(39-71)67(74-52-30-10-6-24-45(52)61-41(2)20-14-34-56(61)74)69(76-54-32-12-8-26-47(54)63-43(4)22-16-36-58(63)76)64(48-27-17-28-49-65-59(77-70(48)49)37-18-38-72-65)68(66)75-53-31-11-7-25-46(53)62-42(3)21-15-35-57(62)75/h5-38H,1-4H3. The largest absolute Gasteiger partial charge is 0.306 e. The van der Waals surface area contributed by atoms with Crippen LogP contribution in [-0.4, -0.2) is 23.3 Å². The van der Waals surface area contributed by atoms with Gasteiger partial charge in [0.2, 0.25) is 0 Å². The van der Waals surface area contributed by atoms with E-state index < -0.39 is 0 Å². The second-order valence-corrected chi connectivity index (χ2v) is 21.7. The van der Waals surface area contributed by atoms with E-state index >= 15 is 0 Å². The van der Waals surface area contributed by atoms with Crippen LogP contribution in [0.25, 0.3) is 141 Å². The van der Waals surface area contributed by atoms with E-state index in [1.165, 1.54) is 33.0 Å². The fourth-order valence-electron chi connectivity index (χ4n) is 13.5. The minimum absolute atomic E-state index is 0.550. The number of nitriles is 1. The number of aromatic nitrogens is 5. The predicted octanol–water partition coefficient (Wildman–Crippen LogP) is 18.6. The molecule has 6 heterocycles. The maximum atomic E-state index is 13.0. The summed E-state index contributed by atoms with van der Waals surface area (Å²) < 4.78 is 12.1. The summed E-state index contributed by atoms with van der Waals surface area (Å²) >= 11 is 1.79. The van der Waals surface area contributed by atoms with Crippen LogP contribution >= 0.6 is 11.3 Å². The second kappa shape index (κ2) is 16.1. The SMILES string of the molecule is Cc1cccc2c1c1ccccc1n2-c1c(C#N)c(-n2c3ccccc3c3c(C)cccc32)c(-n2c3ccccc3c3c(C)cccc32)c(-c2cccc3c2sc2cccnc23)c1-n1c2ccccc2c2c(C)cccc21. The van der Waals surface area contributed by atoms with E-state index in [2.05, 4.69) is 246 Å². The lowest BCUT2D eigenvalue weighted by molar-refractivity contribution is 1.04. The van der Waals surface area contributed by atoms with Gasteiger partial charge in [0.25, 0.3) is 0 Å². The Balaban J connectivity index is 1.31. The number of nitrogens with zero attached hydrogens (tertiary/aromatic N) is 6. The molecule has 10 aromatic carbocycles. The number of benzene rings is 10. The third-order valence-corrected chi connectivity index (χ3v) is 17.7. The number of rotatable bonds is 5. The Morgan fingerprint density at radius 2 is 0.714 bits per heavy atom. The Morgan fingerprint density at radius 1 is 0.364 bits per heavy atom. The average Bonchev–Trinajstić information content (AvgIpc) is 4.18. The molecule has 0 atom stereocenters. The highest BCUT2D eigenvalue weighted by molar-refractivity contribution is 7.26. The zero-order valence-electron chi connectivity index (χ0n) is 42.7. The van der Waals surface area contributed by atoms with Crippen molar-refractivity contribution in [2.45, 2.75) is 27.7 Å². The van der Waals surface area contributed by atoms with Crippen LogP contribution in [0.4, 0.5) is 0 Å². The molecule has 0 aliphatic rings. The van der Waals surface area contributed by atoms with Crippen molar-refractivity contribution in [3.63, 3.8) is 0 Å². The number of pyridine rings is 1. The van der Waals surface area contributed by atoms with Gasteiger partial charge in [0, 0.05) is 70.5 Å². The van der Waals surface area contributed by atoms with Crippen LogP contribution in [0.1, 0.15) is 27.8 Å². The minimum atomic E-state index is 0.550. The van der Waals surface area contributed by atoms with Crippen LogP contribution < -0.4 is 0 Å². The number of hydrogen-bond donors (Lipinski definition) is 0. The number of fused-ring (bicyclic) bond motifs is 15. The van der Waals surface area contributed by atoms with Gasteiger partial charge >= 0.3 is 0 Å². The molecule has 6 nitrogen and oxygen atoms in total. The van der Waals surface area contributed by atoms with Crippen LogP contribution in [0.5, 0.6) is 0 Å². The van der Waals surface area contributed by atoms with Crippen LogP contribution in [0.2, 0.25) is 0 Å². The summed E-state index contributed by atoms with van der Waals surface area (Å²) in [4.78, 5) is 5.08. The molecule has 16 aromatic rings. The van der Waals surface area contributed by atoms with E-state index in [4.69, 9.17) is 4.98 Å². The van der Waals surface area contributed by atoms with Crippen LogP contribution in [0.15, 0.2) is 206 Å². The maximum absolute atomic E-state index is 13.0. The van der Waals surface area contributed by atoms with Gasteiger partial charge in [-0.2, -0.15) is 5.26 Å². The summed E-state index contributed by atoms with van der Waals surface area (Å²) in [6, 6.07) is 75.9.